The van der Waals surface area contributed by atoms with Gasteiger partial charge >= 0.3 is 19.4 Å². The number of fused-ring (bicyclic) bond motifs is 4. The van der Waals surface area contributed by atoms with E-state index in [1.54, 1.807) is 64.2 Å². The number of Topliss-reactive ketones (excluding diaryl/α,β-unsaturated/α-hetero) is 1. The highest BCUT2D eigenvalue weighted by atomic mass is 32.5. The van der Waals surface area contributed by atoms with Crippen LogP contribution in [0, 0.1) is 6.57 Å². The van der Waals surface area contributed by atoms with Crippen LogP contribution in [0.4, 0.5) is 16.2 Å². The number of nitrogens with one attached hydrogen (secondary N) is 1. The number of esters is 1. The maximum atomic E-state index is 17.7. The number of aromatic nitrogens is 7. The van der Waals surface area contributed by atoms with Gasteiger partial charge in [0, 0.05) is 44.9 Å². The number of anilines is 2. The first kappa shape index (κ1) is 64.8. The molecule has 4 aromatic heterocycles. The Balaban J connectivity index is 1.00. The van der Waals surface area contributed by atoms with Gasteiger partial charge in [-0.05, 0) is 84.7 Å². The molecule has 10 rings (SSSR count). The Morgan fingerprint density at radius 2 is 1.60 bits per heavy atom. The molecule has 23 nitrogen and oxygen atoms in total. The van der Waals surface area contributed by atoms with Crippen LogP contribution in [0.5, 0.6) is 0 Å². The van der Waals surface area contributed by atoms with E-state index in [1.807, 2.05) is 25.2 Å². The number of benzene rings is 2. The molecule has 3 saturated heterocycles. The van der Waals surface area contributed by atoms with E-state index in [-0.39, 0.29) is 78.7 Å². The quantitative estimate of drug-likeness (QED) is 0.0191. The third-order valence-electron chi connectivity index (χ3n) is 16.0. The number of ether oxygens (including phenoxy) is 3. The molecule has 4 aliphatic heterocycles. The second kappa shape index (κ2) is 26.7. The Morgan fingerprint density at radius 3 is 2.31 bits per heavy atom. The number of nitrogens with zero attached hydrogens (tertiary/aromatic N) is 9. The van der Waals surface area contributed by atoms with Crippen LogP contribution in [-0.2, 0) is 82.5 Å². The highest BCUT2D eigenvalue weighted by Gasteiger charge is 2.56. The third kappa shape index (κ3) is 14.9. The summed E-state index contributed by atoms with van der Waals surface area (Å²) in [7, 11) is -4.26. The van der Waals surface area contributed by atoms with E-state index in [4.69, 9.17) is 86.4 Å². The topological polar surface area (TPSA) is 248 Å². The number of rotatable bonds is 19. The van der Waals surface area contributed by atoms with E-state index in [0.717, 1.165) is 11.6 Å². The van der Waals surface area contributed by atoms with E-state index in [0.29, 0.717) is 54.7 Å². The van der Waals surface area contributed by atoms with E-state index < -0.39 is 97.2 Å². The molecular weight excluding hydrogens is 1230 g/mol. The zero-order valence-electron chi connectivity index (χ0n) is 49.8. The molecule has 0 spiro atoms. The molecule has 0 radical (unpaired) electrons. The van der Waals surface area contributed by atoms with Gasteiger partial charge in [-0.15, -0.1) is 0 Å². The normalized spacial score (nSPS) is 26.3. The number of halogens is 1. The highest BCUT2D eigenvalue weighted by Crippen LogP contribution is 2.58. The van der Waals surface area contributed by atoms with Gasteiger partial charge in [0.2, 0.25) is 12.5 Å². The highest BCUT2D eigenvalue weighted by molar-refractivity contribution is 8.07. The average Bonchev–Trinajstić information content (AvgIpc) is 1.71. The molecule has 87 heavy (non-hydrogen) atoms. The summed E-state index contributed by atoms with van der Waals surface area (Å²) in [6.45, 7) is 15.6. The second-order valence-corrected chi connectivity index (χ2v) is 40.6. The molecule has 3 fully saturated rings. The standard InChI is InChI=1S/C57H73FN10O13P2S2Si2/c1-57(2,3)87(8,9)81-48-42-32-75-82(72,84)79-47-41(77-54(45(47)58)67-31-38-22-17-26-66(50-44(38)51(67)62-34-61-50)53(71)37-20-14-11-15-21-37)33-76-83(85,74-27-25-59-4)80-49(48)55(78-42)68-35-63-46-39(30-40(69)36-18-12-10-13-19-36)64-56(65-52(46)68)60-24-16-23-43(70)73-28-29-86(5,6)7/h10-15,18-21,31,34-35,41-42,45,47-49,54-55H,16-17,22-30,32-33H2,1-3,5-9H3,(H,72,84)(H,60,64,65)/t41-,42-,45-,47-,48-,49-,54-,55-,82?,83?/m1/s1. The number of carbonyl (C=O) groups excluding carboxylic acids is 3. The Hall–Kier alpha value is -5.19. The van der Waals surface area contributed by atoms with Crippen molar-refractivity contribution in [1.82, 2.24) is 34.1 Å². The van der Waals surface area contributed by atoms with Gasteiger partial charge in [-0.2, -0.15) is 4.98 Å². The van der Waals surface area contributed by atoms with Crippen molar-refractivity contribution in [2.24, 2.45) is 0 Å². The fraction of sp³-hybridized carbons (Fsp3) is 0.526. The summed E-state index contributed by atoms with van der Waals surface area (Å²) in [6.07, 6.45) is -5.26. The largest absolute Gasteiger partial charge is 0.466 e. The smallest absolute Gasteiger partial charge is 0.328 e. The maximum absolute atomic E-state index is 17.7. The lowest BCUT2D eigenvalue weighted by atomic mass is 10.1. The van der Waals surface area contributed by atoms with Crippen molar-refractivity contribution in [2.45, 2.75) is 146 Å². The number of amides is 1. The van der Waals surface area contributed by atoms with Gasteiger partial charge in [0.15, 0.2) is 38.4 Å². The summed E-state index contributed by atoms with van der Waals surface area (Å²) in [5, 5.41) is 3.39. The predicted molar refractivity (Wildman–Crippen MR) is 335 cm³/mol. The maximum Gasteiger partial charge on any atom is 0.328 e. The van der Waals surface area contributed by atoms with Gasteiger partial charge in [-0.1, -0.05) is 88.9 Å². The van der Waals surface area contributed by atoms with Crippen LogP contribution in [0.25, 0.3) is 27.0 Å². The minimum absolute atomic E-state index is 0.129. The minimum atomic E-state index is -4.45. The first-order valence-corrected chi connectivity index (χ1v) is 40.7. The van der Waals surface area contributed by atoms with E-state index in [1.165, 1.54) is 17.2 Å². The Bertz CT molecular complexity index is 3630. The molecule has 0 aliphatic carbocycles. The van der Waals surface area contributed by atoms with Crippen molar-refractivity contribution >= 4 is 105 Å². The Labute approximate surface area is 516 Å². The second-order valence-electron chi connectivity index (χ2n) is 24.5. The molecule has 4 aliphatic rings. The first-order valence-electron chi connectivity index (χ1n) is 28.9. The van der Waals surface area contributed by atoms with Crippen LogP contribution in [0.2, 0.25) is 43.8 Å². The molecule has 6 aromatic rings. The van der Waals surface area contributed by atoms with Crippen molar-refractivity contribution in [3.63, 3.8) is 0 Å². The minimum Gasteiger partial charge on any atom is -0.466 e. The number of aryl methyl sites for hydroxylation is 1. The van der Waals surface area contributed by atoms with Crippen molar-refractivity contribution in [3.05, 3.63) is 113 Å². The first-order chi connectivity index (χ1) is 41.3. The van der Waals surface area contributed by atoms with Crippen LogP contribution in [0.3, 0.4) is 0 Å². The SMILES string of the molecule is [C-]#[N+]CCOP1(=S)OC[C@H]2O[C@@H](n3cc4c5c(ncnc53)N(C(=O)c3ccccc3)CCC4)[C@H](F)[C@@H]2OP(O)(=S)OC[C@H]2O[C@@H](n3cnc4c(CC(=O)c5ccccc5)nc(NCCCC(=O)OCC[Si](C)(C)C)nc43)[C@H](O1)[C@@H]2O[Si](C)(C)C(C)(C)C. The third-order valence-corrected chi connectivity index (χ3v) is 26.1. The van der Waals surface area contributed by atoms with Gasteiger partial charge in [0.25, 0.3) is 5.91 Å². The Kier molecular flexibility index (Phi) is 19.9. The van der Waals surface area contributed by atoms with E-state index in [9.17, 15) is 19.3 Å². The lowest BCUT2D eigenvalue weighted by Gasteiger charge is -2.41. The zero-order valence-corrected chi connectivity index (χ0v) is 55.2. The van der Waals surface area contributed by atoms with Crippen molar-refractivity contribution < 1.29 is 64.9 Å². The van der Waals surface area contributed by atoms with Gasteiger partial charge in [-0.25, -0.2) is 30.9 Å². The van der Waals surface area contributed by atoms with Gasteiger partial charge in [0.1, 0.15) is 60.4 Å². The summed E-state index contributed by atoms with van der Waals surface area (Å²) in [5.41, 5.74) is 2.74. The summed E-state index contributed by atoms with van der Waals surface area (Å²) < 4.78 is 79.4. The van der Waals surface area contributed by atoms with Crippen molar-refractivity contribution in [2.75, 3.05) is 56.3 Å². The monoisotopic (exact) mass is 1310 g/mol. The van der Waals surface area contributed by atoms with Crippen LogP contribution in [0.1, 0.15) is 84.5 Å². The van der Waals surface area contributed by atoms with Crippen LogP contribution in [0.15, 0.2) is 79.5 Å². The molecule has 10 atom stereocenters. The summed E-state index contributed by atoms with van der Waals surface area (Å²) in [4.78, 5) is 81.6. The molecule has 2 bridgehead atoms. The summed E-state index contributed by atoms with van der Waals surface area (Å²) in [5.74, 6) is -0.309. The lowest BCUT2D eigenvalue weighted by Crippen LogP contribution is -2.50. The molecule has 8 heterocycles. The van der Waals surface area contributed by atoms with Crippen LogP contribution < -0.4 is 10.2 Å². The number of hydrogen-bond donors (Lipinski definition) is 2. The summed E-state index contributed by atoms with van der Waals surface area (Å²) in [6, 6.07) is 18.5. The molecule has 30 heteroatoms. The lowest BCUT2D eigenvalue weighted by molar-refractivity contribution is -0.143. The van der Waals surface area contributed by atoms with E-state index >= 15 is 4.39 Å². The number of carbonyl (C=O) groups is 3. The number of hydrogen-bond acceptors (Lipinski definition) is 20. The molecular formula is C57H73FN10O13P2S2Si2. The molecule has 2 aromatic carbocycles. The molecule has 0 saturated carbocycles. The average molecular weight is 1310 g/mol. The van der Waals surface area contributed by atoms with Crippen molar-refractivity contribution in [3.8, 4) is 0 Å². The van der Waals surface area contributed by atoms with Crippen LogP contribution >= 0.6 is 13.4 Å². The summed E-state index contributed by atoms with van der Waals surface area (Å²) >= 11 is 12.0. The van der Waals surface area contributed by atoms with Gasteiger partial charge in [-0.3, -0.25) is 32.9 Å². The molecule has 1 amide bonds. The van der Waals surface area contributed by atoms with E-state index in [2.05, 4.69) is 60.5 Å². The molecule has 466 valence electrons. The van der Waals surface area contributed by atoms with Gasteiger partial charge < -0.3 is 51.8 Å². The zero-order chi connectivity index (χ0) is 62.1. The fourth-order valence-corrected chi connectivity index (χ4v) is 15.9. The van der Waals surface area contributed by atoms with Gasteiger partial charge in [0.05, 0.1) is 43.6 Å². The molecule has 2 unspecified atom stereocenters. The molecule has 2 N–H and O–H groups in total. The predicted octanol–water partition coefficient (Wildman–Crippen LogP) is 10.1. The fourth-order valence-electron chi connectivity index (χ4n) is 10.4. The number of imidazole rings is 1. The van der Waals surface area contributed by atoms with Crippen molar-refractivity contribution in [1.29, 1.82) is 0 Å². The van der Waals surface area contributed by atoms with Crippen LogP contribution in [-0.4, -0.2) is 156 Å². The number of alkyl halides is 1. The number of ketones is 1. The Morgan fingerprint density at radius 1 is 0.885 bits per heavy atom.